The van der Waals surface area contributed by atoms with E-state index >= 15 is 0 Å². The highest BCUT2D eigenvalue weighted by molar-refractivity contribution is 9.10. The molecule has 0 aliphatic heterocycles. The molecule has 0 aliphatic rings. The van der Waals surface area contributed by atoms with Crippen LogP contribution in [-0.2, 0) is 6.54 Å². The maximum atomic E-state index is 5.77. The van der Waals surface area contributed by atoms with E-state index in [9.17, 15) is 0 Å². The molecule has 0 unspecified atom stereocenters. The molecule has 0 spiro atoms. The van der Waals surface area contributed by atoms with Crippen molar-refractivity contribution in [2.24, 2.45) is 0 Å². The fourth-order valence-corrected chi connectivity index (χ4v) is 2.72. The van der Waals surface area contributed by atoms with Gasteiger partial charge in [-0.25, -0.2) is 4.98 Å². The second-order valence-electron chi connectivity index (χ2n) is 4.91. The van der Waals surface area contributed by atoms with Crippen molar-refractivity contribution in [1.82, 2.24) is 9.55 Å². The van der Waals surface area contributed by atoms with Crippen LogP contribution in [0.4, 0.5) is 0 Å². The van der Waals surface area contributed by atoms with Crippen molar-refractivity contribution in [2.45, 2.75) is 19.4 Å². The zero-order valence-corrected chi connectivity index (χ0v) is 14.4. The van der Waals surface area contributed by atoms with E-state index in [1.54, 1.807) is 0 Å². The Kier molecular flexibility index (Phi) is 6.28. The first-order valence-corrected chi connectivity index (χ1v) is 7.91. The molecule has 0 amide bonds. The van der Waals surface area contributed by atoms with E-state index < -0.39 is 0 Å². The SMILES string of the molecule is Brc1ccccc1OCCCCn1cnc2ccccc21.[Cl-]. The van der Waals surface area contributed by atoms with Gasteiger partial charge >= 0.3 is 0 Å². The summed E-state index contributed by atoms with van der Waals surface area (Å²) in [5.41, 5.74) is 2.26. The average molecular weight is 381 g/mol. The Morgan fingerprint density at radius 2 is 1.77 bits per heavy atom. The summed E-state index contributed by atoms with van der Waals surface area (Å²) >= 11 is 3.49. The van der Waals surface area contributed by atoms with E-state index in [0.717, 1.165) is 41.7 Å². The lowest BCUT2D eigenvalue weighted by Gasteiger charge is -2.08. The van der Waals surface area contributed by atoms with Crippen LogP contribution in [0.3, 0.4) is 0 Å². The molecule has 3 aromatic rings. The summed E-state index contributed by atoms with van der Waals surface area (Å²) in [6.07, 6.45) is 4.01. The van der Waals surface area contributed by atoms with E-state index in [2.05, 4.69) is 37.6 Å². The van der Waals surface area contributed by atoms with Gasteiger partial charge in [0.1, 0.15) is 5.75 Å². The van der Waals surface area contributed by atoms with Crippen LogP contribution in [0.5, 0.6) is 5.75 Å². The van der Waals surface area contributed by atoms with Crippen molar-refractivity contribution in [2.75, 3.05) is 6.61 Å². The van der Waals surface area contributed by atoms with Gasteiger partial charge in [0.2, 0.25) is 0 Å². The molecular formula is C17H17BrClN2O-. The molecule has 3 rings (SSSR count). The largest absolute Gasteiger partial charge is 1.00 e. The number of benzene rings is 2. The van der Waals surface area contributed by atoms with Crippen LogP contribution >= 0.6 is 15.9 Å². The van der Waals surface area contributed by atoms with Crippen molar-refractivity contribution in [3.05, 3.63) is 59.3 Å². The van der Waals surface area contributed by atoms with Gasteiger partial charge in [-0.05, 0) is 53.0 Å². The third-order valence-electron chi connectivity index (χ3n) is 3.41. The molecule has 1 aromatic heterocycles. The van der Waals surface area contributed by atoms with Gasteiger partial charge in [-0.1, -0.05) is 24.3 Å². The molecule has 116 valence electrons. The number of unbranched alkanes of at least 4 members (excludes halogenated alkanes) is 1. The van der Waals surface area contributed by atoms with Crippen LogP contribution in [0.2, 0.25) is 0 Å². The molecule has 0 N–H and O–H groups in total. The maximum absolute atomic E-state index is 5.77. The minimum Gasteiger partial charge on any atom is -1.00 e. The summed E-state index contributed by atoms with van der Waals surface area (Å²) in [5.74, 6) is 0.908. The van der Waals surface area contributed by atoms with Crippen LogP contribution in [-0.4, -0.2) is 16.2 Å². The van der Waals surface area contributed by atoms with Gasteiger partial charge in [-0.2, -0.15) is 0 Å². The number of aromatic nitrogens is 2. The monoisotopic (exact) mass is 379 g/mol. The quantitative estimate of drug-likeness (QED) is 0.608. The van der Waals surface area contributed by atoms with Crippen molar-refractivity contribution in [3.8, 4) is 5.75 Å². The first-order valence-electron chi connectivity index (χ1n) is 7.12. The molecule has 3 nitrogen and oxygen atoms in total. The minimum atomic E-state index is 0. The summed E-state index contributed by atoms with van der Waals surface area (Å²) in [7, 11) is 0. The van der Waals surface area contributed by atoms with E-state index in [0.29, 0.717) is 0 Å². The number of fused-ring (bicyclic) bond motifs is 1. The van der Waals surface area contributed by atoms with Gasteiger partial charge < -0.3 is 21.7 Å². The molecule has 22 heavy (non-hydrogen) atoms. The average Bonchev–Trinajstić information content (AvgIpc) is 2.92. The fourth-order valence-electron chi connectivity index (χ4n) is 2.32. The molecule has 0 fully saturated rings. The Balaban J connectivity index is 0.00000176. The Morgan fingerprint density at radius 1 is 1.00 bits per heavy atom. The van der Waals surface area contributed by atoms with Gasteiger partial charge in [0.15, 0.2) is 0 Å². The van der Waals surface area contributed by atoms with Crippen LogP contribution in [0.1, 0.15) is 12.8 Å². The van der Waals surface area contributed by atoms with Crippen molar-refractivity contribution >= 4 is 27.0 Å². The predicted octanol–water partition coefficient (Wildman–Crippen LogP) is 1.66. The molecule has 0 bridgehead atoms. The van der Waals surface area contributed by atoms with Crippen LogP contribution < -0.4 is 17.1 Å². The normalized spacial score (nSPS) is 10.4. The number of halogens is 2. The zero-order chi connectivity index (χ0) is 14.5. The second-order valence-corrected chi connectivity index (χ2v) is 5.77. The summed E-state index contributed by atoms with van der Waals surface area (Å²) in [6, 6.07) is 16.2. The summed E-state index contributed by atoms with van der Waals surface area (Å²) in [6.45, 7) is 1.70. The standard InChI is InChI=1S/C17H17BrN2O.ClH/c18-14-7-1-4-10-17(14)21-12-6-5-11-20-13-19-15-8-2-3-9-16(15)20;/h1-4,7-10,13H,5-6,11-12H2;1H/p-1. The molecule has 0 saturated heterocycles. The first kappa shape index (κ1) is 16.8. The van der Waals surface area contributed by atoms with E-state index in [-0.39, 0.29) is 12.4 Å². The number of ether oxygens (including phenoxy) is 1. The summed E-state index contributed by atoms with van der Waals surface area (Å²) < 4.78 is 8.98. The van der Waals surface area contributed by atoms with Gasteiger partial charge in [-0.15, -0.1) is 0 Å². The highest BCUT2D eigenvalue weighted by atomic mass is 79.9. The van der Waals surface area contributed by atoms with Gasteiger partial charge in [0.05, 0.1) is 28.4 Å². The molecule has 1 heterocycles. The number of hydrogen-bond acceptors (Lipinski definition) is 2. The topological polar surface area (TPSA) is 27.1 Å². The molecule has 5 heteroatoms. The smallest absolute Gasteiger partial charge is 0.133 e. The maximum Gasteiger partial charge on any atom is 0.133 e. The molecule has 0 atom stereocenters. The highest BCUT2D eigenvalue weighted by Gasteiger charge is 2.02. The fraction of sp³-hybridized carbons (Fsp3) is 0.235. The zero-order valence-electron chi connectivity index (χ0n) is 12.1. The van der Waals surface area contributed by atoms with Crippen molar-refractivity contribution < 1.29 is 17.1 Å². The summed E-state index contributed by atoms with van der Waals surface area (Å²) in [5, 5.41) is 0. The number of hydrogen-bond donors (Lipinski definition) is 0. The molecule has 0 saturated carbocycles. The van der Waals surface area contributed by atoms with Crippen LogP contribution in [0.15, 0.2) is 59.3 Å². The molecule has 2 aromatic carbocycles. The highest BCUT2D eigenvalue weighted by Crippen LogP contribution is 2.23. The summed E-state index contributed by atoms with van der Waals surface area (Å²) in [4.78, 5) is 4.40. The van der Waals surface area contributed by atoms with Gasteiger partial charge in [-0.3, -0.25) is 0 Å². The molecule has 0 aliphatic carbocycles. The van der Waals surface area contributed by atoms with Crippen molar-refractivity contribution in [1.29, 1.82) is 0 Å². The van der Waals surface area contributed by atoms with Gasteiger partial charge in [0, 0.05) is 6.54 Å². The Morgan fingerprint density at radius 3 is 2.64 bits per heavy atom. The lowest BCUT2D eigenvalue weighted by molar-refractivity contribution is -0.00000463. The Hall–Kier alpha value is -1.52. The van der Waals surface area contributed by atoms with Crippen LogP contribution in [0, 0.1) is 0 Å². The van der Waals surface area contributed by atoms with Crippen molar-refractivity contribution in [3.63, 3.8) is 0 Å². The number of para-hydroxylation sites is 3. The van der Waals surface area contributed by atoms with E-state index in [1.165, 1.54) is 5.52 Å². The number of rotatable bonds is 6. The number of nitrogens with zero attached hydrogens (tertiary/aromatic N) is 2. The molecular weight excluding hydrogens is 364 g/mol. The van der Waals surface area contributed by atoms with Gasteiger partial charge in [0.25, 0.3) is 0 Å². The minimum absolute atomic E-state index is 0. The first-order chi connectivity index (χ1) is 10.3. The third kappa shape index (κ3) is 4.02. The second kappa shape index (κ2) is 8.20. The lowest BCUT2D eigenvalue weighted by Crippen LogP contribution is -3.00. The third-order valence-corrected chi connectivity index (χ3v) is 4.07. The number of aryl methyl sites for hydroxylation is 1. The Bertz CT molecular complexity index is 729. The van der Waals surface area contributed by atoms with E-state index in [1.807, 2.05) is 42.7 Å². The van der Waals surface area contributed by atoms with E-state index in [4.69, 9.17) is 4.74 Å². The lowest BCUT2D eigenvalue weighted by atomic mass is 10.3. The predicted molar refractivity (Wildman–Crippen MR) is 88.6 cm³/mol. The molecule has 0 radical (unpaired) electrons. The number of imidazole rings is 1. The Labute approximate surface area is 144 Å². The van der Waals surface area contributed by atoms with Crippen LogP contribution in [0.25, 0.3) is 11.0 Å².